The fourth-order valence-corrected chi connectivity index (χ4v) is 2.72. The van der Waals surface area contributed by atoms with Crippen molar-refractivity contribution in [2.75, 3.05) is 33.2 Å². The van der Waals surface area contributed by atoms with Gasteiger partial charge in [0, 0.05) is 45.6 Å². The highest BCUT2D eigenvalue weighted by Crippen LogP contribution is 2.09. The Kier molecular flexibility index (Phi) is 11.1. The second-order valence-corrected chi connectivity index (χ2v) is 8.29. The second-order valence-electron chi connectivity index (χ2n) is 8.29. The minimum atomic E-state index is -0.529. The normalized spacial score (nSPS) is 11.1. The number of likely N-dealkylation sites (N-methyl/N-ethyl adjacent to an activating group) is 1. The van der Waals surface area contributed by atoms with Crippen LogP contribution in [0.5, 0.6) is 0 Å². The van der Waals surface area contributed by atoms with Gasteiger partial charge in [-0.25, -0.2) is 9.59 Å². The lowest BCUT2D eigenvalue weighted by atomic mass is 10.1. The summed E-state index contributed by atoms with van der Waals surface area (Å²) >= 11 is 0. The molecule has 0 aliphatic rings. The lowest BCUT2D eigenvalue weighted by Gasteiger charge is -2.28. The smallest absolute Gasteiger partial charge is 0.410 e. The Hall–Kier alpha value is -2.31. The Morgan fingerprint density at radius 2 is 1.76 bits per heavy atom. The average molecular weight is 407 g/mol. The maximum absolute atomic E-state index is 12.6. The zero-order valence-electron chi connectivity index (χ0n) is 18.7. The number of nitrogens with zero attached hydrogens (tertiary/aromatic N) is 3. The number of hydrogen-bond acceptors (Lipinski definition) is 4. The summed E-state index contributed by atoms with van der Waals surface area (Å²) < 4.78 is 5.38. The van der Waals surface area contributed by atoms with Gasteiger partial charge in [0.25, 0.3) is 0 Å². The molecule has 1 aromatic heterocycles. The van der Waals surface area contributed by atoms with Crippen LogP contribution in [0.15, 0.2) is 24.5 Å². The van der Waals surface area contributed by atoms with Crippen LogP contribution in [-0.2, 0) is 11.2 Å². The van der Waals surface area contributed by atoms with Gasteiger partial charge < -0.3 is 19.9 Å². The van der Waals surface area contributed by atoms with E-state index in [9.17, 15) is 9.59 Å². The Balaban J connectivity index is 2.45. The third-order valence-corrected chi connectivity index (χ3v) is 4.40. The molecule has 1 heterocycles. The van der Waals surface area contributed by atoms with Gasteiger partial charge in [0.05, 0.1) is 0 Å². The summed E-state index contributed by atoms with van der Waals surface area (Å²) in [5.41, 5.74) is 0.686. The van der Waals surface area contributed by atoms with E-state index in [1.807, 2.05) is 32.9 Å². The number of carbonyl (C=O) groups excluding carboxylic acids is 2. The molecule has 0 unspecified atom stereocenters. The largest absolute Gasteiger partial charge is 0.444 e. The number of hydrogen-bond donors (Lipinski definition) is 1. The highest BCUT2D eigenvalue weighted by atomic mass is 16.6. The molecule has 0 spiro atoms. The van der Waals surface area contributed by atoms with E-state index < -0.39 is 5.60 Å². The second kappa shape index (κ2) is 13.0. The van der Waals surface area contributed by atoms with Gasteiger partial charge in [0.2, 0.25) is 0 Å². The van der Waals surface area contributed by atoms with E-state index in [1.54, 1.807) is 24.3 Å². The Morgan fingerprint density at radius 1 is 1.07 bits per heavy atom. The minimum Gasteiger partial charge on any atom is -0.444 e. The molecule has 1 N–H and O–H groups in total. The standard InChI is InChI=1S/C22H38N4O3/c1-6-7-8-16-26(18-17-25(5)21(28)29-22(2,3)4)20(27)24-13-9-10-19-11-14-23-15-12-19/h11-12,14-15H,6-10,13,16-18H2,1-5H3,(H,24,27). The van der Waals surface area contributed by atoms with Crippen LogP contribution in [0.3, 0.4) is 0 Å². The predicted molar refractivity (Wildman–Crippen MR) is 116 cm³/mol. The number of ether oxygens (including phenoxy) is 1. The van der Waals surface area contributed by atoms with Crippen molar-refractivity contribution in [2.45, 2.75) is 65.4 Å². The fraction of sp³-hybridized carbons (Fsp3) is 0.682. The number of aromatic nitrogens is 1. The summed E-state index contributed by atoms with van der Waals surface area (Å²) in [6, 6.07) is 3.91. The number of aryl methyl sites for hydroxylation is 1. The quantitative estimate of drug-likeness (QED) is 0.562. The van der Waals surface area contributed by atoms with Gasteiger partial charge in [-0.15, -0.1) is 0 Å². The van der Waals surface area contributed by atoms with Crippen molar-refractivity contribution in [3.63, 3.8) is 0 Å². The maximum Gasteiger partial charge on any atom is 0.410 e. The summed E-state index contributed by atoms with van der Waals surface area (Å²) in [7, 11) is 1.70. The van der Waals surface area contributed by atoms with Gasteiger partial charge in [-0.3, -0.25) is 4.98 Å². The van der Waals surface area contributed by atoms with E-state index in [0.29, 0.717) is 26.2 Å². The van der Waals surface area contributed by atoms with E-state index in [2.05, 4.69) is 17.2 Å². The monoisotopic (exact) mass is 406 g/mol. The summed E-state index contributed by atoms with van der Waals surface area (Å²) in [6.45, 7) is 9.89. The molecular formula is C22H38N4O3. The SMILES string of the molecule is CCCCCN(CCN(C)C(=O)OC(C)(C)C)C(=O)NCCCc1ccncc1. The summed E-state index contributed by atoms with van der Waals surface area (Å²) in [5.74, 6) is 0. The molecule has 0 aromatic carbocycles. The van der Waals surface area contributed by atoms with Gasteiger partial charge in [0.1, 0.15) is 5.60 Å². The number of amides is 3. The zero-order valence-corrected chi connectivity index (χ0v) is 18.7. The van der Waals surface area contributed by atoms with Crippen molar-refractivity contribution < 1.29 is 14.3 Å². The molecular weight excluding hydrogens is 368 g/mol. The number of pyridine rings is 1. The third-order valence-electron chi connectivity index (χ3n) is 4.40. The molecule has 0 bridgehead atoms. The minimum absolute atomic E-state index is 0.0755. The summed E-state index contributed by atoms with van der Waals surface area (Å²) in [5, 5.41) is 3.01. The van der Waals surface area contributed by atoms with Gasteiger partial charge in [-0.2, -0.15) is 0 Å². The first kappa shape index (κ1) is 24.7. The molecule has 1 aromatic rings. The van der Waals surface area contributed by atoms with Crippen LogP contribution in [-0.4, -0.2) is 65.7 Å². The van der Waals surface area contributed by atoms with Crippen molar-refractivity contribution >= 4 is 12.1 Å². The molecule has 164 valence electrons. The fourth-order valence-electron chi connectivity index (χ4n) is 2.72. The van der Waals surface area contributed by atoms with Crippen LogP contribution < -0.4 is 5.32 Å². The lowest BCUT2D eigenvalue weighted by molar-refractivity contribution is 0.0287. The first-order valence-electron chi connectivity index (χ1n) is 10.6. The number of urea groups is 1. The molecule has 0 fully saturated rings. The Bertz CT molecular complexity index is 602. The van der Waals surface area contributed by atoms with Crippen molar-refractivity contribution in [3.8, 4) is 0 Å². The molecule has 0 aliphatic carbocycles. The highest BCUT2D eigenvalue weighted by Gasteiger charge is 2.21. The number of nitrogens with one attached hydrogen (secondary N) is 1. The zero-order chi connectivity index (χ0) is 21.7. The molecule has 7 nitrogen and oxygen atoms in total. The molecule has 0 atom stereocenters. The molecule has 0 radical (unpaired) electrons. The summed E-state index contributed by atoms with van der Waals surface area (Å²) in [6.07, 6.45) is 8.10. The molecule has 0 aliphatic heterocycles. The molecule has 7 heteroatoms. The van der Waals surface area contributed by atoms with Crippen LogP contribution in [0.25, 0.3) is 0 Å². The van der Waals surface area contributed by atoms with Gasteiger partial charge in [0.15, 0.2) is 0 Å². The van der Waals surface area contributed by atoms with Crippen molar-refractivity contribution in [1.29, 1.82) is 0 Å². The number of rotatable bonds is 11. The molecule has 0 saturated heterocycles. The first-order chi connectivity index (χ1) is 13.7. The molecule has 1 rings (SSSR count). The maximum atomic E-state index is 12.6. The molecule has 3 amide bonds. The van der Waals surface area contributed by atoms with E-state index in [0.717, 1.165) is 32.1 Å². The number of carbonyl (C=O) groups is 2. The van der Waals surface area contributed by atoms with E-state index in [-0.39, 0.29) is 12.1 Å². The topological polar surface area (TPSA) is 74.8 Å². The first-order valence-corrected chi connectivity index (χ1v) is 10.6. The van der Waals surface area contributed by atoms with Gasteiger partial charge in [-0.1, -0.05) is 19.8 Å². The third kappa shape index (κ3) is 11.3. The van der Waals surface area contributed by atoms with Gasteiger partial charge >= 0.3 is 12.1 Å². The van der Waals surface area contributed by atoms with Gasteiger partial charge in [-0.05, 0) is 57.7 Å². The van der Waals surface area contributed by atoms with E-state index in [4.69, 9.17) is 4.74 Å². The van der Waals surface area contributed by atoms with Crippen LogP contribution >= 0.6 is 0 Å². The Labute approximate surface area is 175 Å². The van der Waals surface area contributed by atoms with Crippen LogP contribution in [0.4, 0.5) is 9.59 Å². The number of unbranched alkanes of at least 4 members (excludes halogenated alkanes) is 2. The summed E-state index contributed by atoms with van der Waals surface area (Å²) in [4.78, 5) is 32.1. The van der Waals surface area contributed by atoms with Crippen molar-refractivity contribution in [3.05, 3.63) is 30.1 Å². The van der Waals surface area contributed by atoms with Crippen LogP contribution in [0.1, 0.15) is 58.9 Å². The van der Waals surface area contributed by atoms with E-state index >= 15 is 0 Å². The lowest BCUT2D eigenvalue weighted by Crippen LogP contribution is -2.45. The Morgan fingerprint density at radius 3 is 2.38 bits per heavy atom. The van der Waals surface area contributed by atoms with Crippen molar-refractivity contribution in [1.82, 2.24) is 20.1 Å². The van der Waals surface area contributed by atoms with Crippen LogP contribution in [0, 0.1) is 0 Å². The average Bonchev–Trinajstić information content (AvgIpc) is 2.67. The van der Waals surface area contributed by atoms with Crippen molar-refractivity contribution in [2.24, 2.45) is 0 Å². The van der Waals surface area contributed by atoms with Crippen LogP contribution in [0.2, 0.25) is 0 Å². The van der Waals surface area contributed by atoms with E-state index in [1.165, 1.54) is 10.5 Å². The highest BCUT2D eigenvalue weighted by molar-refractivity contribution is 5.74. The predicted octanol–water partition coefficient (Wildman–Crippen LogP) is 4.08. The molecule has 29 heavy (non-hydrogen) atoms. The molecule has 0 saturated carbocycles.